The molecule has 3 heterocycles. The van der Waals surface area contributed by atoms with E-state index in [4.69, 9.17) is 22.1 Å². The molecule has 5 rings (SSSR count). The van der Waals surface area contributed by atoms with Crippen molar-refractivity contribution in [2.24, 2.45) is 5.92 Å². The zero-order valence-electron chi connectivity index (χ0n) is 19.8. The lowest BCUT2D eigenvalue weighted by atomic mass is 9.89. The zero-order chi connectivity index (χ0) is 24.4. The van der Waals surface area contributed by atoms with Crippen LogP contribution < -0.4 is 16.0 Å². The van der Waals surface area contributed by atoms with Crippen molar-refractivity contribution < 1.29 is 9.53 Å². The fourth-order valence-electron chi connectivity index (χ4n) is 5.24. The Hall–Kier alpha value is -2.90. The Labute approximate surface area is 209 Å². The minimum absolute atomic E-state index is 0.0695. The molecule has 8 heteroatoms. The van der Waals surface area contributed by atoms with Crippen molar-refractivity contribution in [3.05, 3.63) is 62.7 Å². The van der Waals surface area contributed by atoms with E-state index in [2.05, 4.69) is 14.9 Å². The summed E-state index contributed by atoms with van der Waals surface area (Å²) in [7, 11) is 0. The molecule has 35 heavy (non-hydrogen) atoms. The van der Waals surface area contributed by atoms with Crippen LogP contribution in [0.5, 0.6) is 5.75 Å². The second kappa shape index (κ2) is 10.4. The summed E-state index contributed by atoms with van der Waals surface area (Å²) in [6.45, 7) is 3.57. The molecule has 184 valence electrons. The van der Waals surface area contributed by atoms with E-state index in [1.165, 1.54) is 0 Å². The number of nitrogens with one attached hydrogen (secondary N) is 1. The SMILES string of the molecule is Nc1c(Cl)cc(C(=O)CC2CCN(CCCCc3nc4ccccc4c(=O)[nH]3)CC2)c2c1CCO2. The number of nitrogen functional groups attached to an aromatic ring is 1. The van der Waals surface area contributed by atoms with Crippen molar-refractivity contribution in [1.29, 1.82) is 0 Å². The molecule has 7 nitrogen and oxygen atoms in total. The van der Waals surface area contributed by atoms with E-state index in [1.807, 2.05) is 18.2 Å². The normalized spacial score (nSPS) is 16.4. The quantitative estimate of drug-likeness (QED) is 0.273. The third kappa shape index (κ3) is 5.21. The standard InChI is InChI=1S/C27H31ClN4O3/c28-21-16-20(26-19(25(21)29)10-14-35-26)23(33)15-17-8-12-32(13-9-17)11-4-3-7-24-30-22-6-2-1-5-18(22)27(34)31-24/h1-2,5-6,16-17H,3-4,7-15,29H2,(H,30,31,34). The number of piperidine rings is 1. The van der Waals surface area contributed by atoms with Gasteiger partial charge >= 0.3 is 0 Å². The largest absolute Gasteiger partial charge is 0.492 e. The van der Waals surface area contributed by atoms with Crippen LogP contribution in [0.4, 0.5) is 5.69 Å². The van der Waals surface area contributed by atoms with Crippen LogP contribution in [0.1, 0.15) is 53.8 Å². The lowest BCUT2D eigenvalue weighted by Gasteiger charge is -2.31. The Morgan fingerprint density at radius 2 is 2.03 bits per heavy atom. The number of hydrogen-bond acceptors (Lipinski definition) is 6. The Bertz CT molecular complexity index is 1300. The number of anilines is 1. The Balaban J connectivity index is 1.07. The minimum Gasteiger partial charge on any atom is -0.492 e. The van der Waals surface area contributed by atoms with Crippen molar-refractivity contribution in [2.75, 3.05) is 32.0 Å². The number of hydrogen-bond donors (Lipinski definition) is 2. The van der Waals surface area contributed by atoms with Crippen LogP contribution in [-0.4, -0.2) is 46.9 Å². The van der Waals surface area contributed by atoms with E-state index in [0.29, 0.717) is 52.8 Å². The molecule has 0 amide bonds. The number of ether oxygens (including phenoxy) is 1. The number of para-hydroxylation sites is 1. The number of H-pyrrole nitrogens is 1. The number of rotatable bonds is 8. The van der Waals surface area contributed by atoms with E-state index in [1.54, 1.807) is 12.1 Å². The Morgan fingerprint density at radius 1 is 1.23 bits per heavy atom. The number of aryl methyl sites for hydroxylation is 1. The van der Waals surface area contributed by atoms with Crippen LogP contribution >= 0.6 is 11.6 Å². The lowest BCUT2D eigenvalue weighted by molar-refractivity contribution is 0.0924. The number of halogens is 1. The van der Waals surface area contributed by atoms with E-state index >= 15 is 0 Å². The number of nitrogens with two attached hydrogens (primary N) is 1. The fraction of sp³-hybridized carbons (Fsp3) is 0.444. The molecule has 2 aromatic carbocycles. The summed E-state index contributed by atoms with van der Waals surface area (Å²) in [5, 5.41) is 1.07. The number of nitrogens with zero attached hydrogens (tertiary/aromatic N) is 2. The van der Waals surface area contributed by atoms with Gasteiger partial charge in [0.05, 0.1) is 33.8 Å². The molecule has 2 aliphatic rings. The molecule has 1 saturated heterocycles. The van der Waals surface area contributed by atoms with Crippen molar-refractivity contribution in [1.82, 2.24) is 14.9 Å². The second-order valence-corrected chi connectivity index (χ2v) is 10.0. The molecular formula is C27H31ClN4O3. The topological polar surface area (TPSA) is 101 Å². The van der Waals surface area contributed by atoms with Crippen LogP contribution in [0.2, 0.25) is 5.02 Å². The summed E-state index contributed by atoms with van der Waals surface area (Å²) in [5.74, 6) is 1.86. The van der Waals surface area contributed by atoms with Gasteiger partial charge in [0.1, 0.15) is 11.6 Å². The van der Waals surface area contributed by atoms with Gasteiger partial charge in [-0.3, -0.25) is 9.59 Å². The number of benzene rings is 2. The summed E-state index contributed by atoms with van der Waals surface area (Å²) in [6, 6.07) is 9.11. The first-order valence-electron chi connectivity index (χ1n) is 12.5. The van der Waals surface area contributed by atoms with Gasteiger partial charge in [-0.1, -0.05) is 23.7 Å². The van der Waals surface area contributed by atoms with E-state index in [-0.39, 0.29) is 11.3 Å². The number of carbonyl (C=O) groups excluding carboxylic acids is 1. The van der Waals surface area contributed by atoms with Crippen molar-refractivity contribution in [3.63, 3.8) is 0 Å². The number of fused-ring (bicyclic) bond motifs is 2. The van der Waals surface area contributed by atoms with Gasteiger partial charge in [-0.2, -0.15) is 0 Å². The average Bonchev–Trinajstić information content (AvgIpc) is 3.35. The summed E-state index contributed by atoms with van der Waals surface area (Å²) >= 11 is 6.28. The van der Waals surface area contributed by atoms with Gasteiger partial charge < -0.3 is 20.4 Å². The third-order valence-corrected chi connectivity index (χ3v) is 7.56. The molecule has 1 aromatic heterocycles. The molecule has 0 atom stereocenters. The molecule has 0 bridgehead atoms. The van der Waals surface area contributed by atoms with Crippen LogP contribution in [0.3, 0.4) is 0 Å². The fourth-order valence-corrected chi connectivity index (χ4v) is 5.46. The third-order valence-electron chi connectivity index (χ3n) is 7.25. The summed E-state index contributed by atoms with van der Waals surface area (Å²) in [4.78, 5) is 35.2. The second-order valence-electron chi connectivity index (χ2n) is 9.62. The molecule has 0 aliphatic carbocycles. The maximum Gasteiger partial charge on any atom is 0.258 e. The highest BCUT2D eigenvalue weighted by molar-refractivity contribution is 6.33. The van der Waals surface area contributed by atoms with Crippen LogP contribution in [0.15, 0.2) is 35.1 Å². The van der Waals surface area contributed by atoms with Crippen molar-refractivity contribution >= 4 is 34.0 Å². The Morgan fingerprint density at radius 3 is 2.86 bits per heavy atom. The van der Waals surface area contributed by atoms with Gasteiger partial charge in [0, 0.05) is 24.8 Å². The maximum absolute atomic E-state index is 13.0. The van der Waals surface area contributed by atoms with Gasteiger partial charge in [-0.25, -0.2) is 4.98 Å². The molecule has 0 saturated carbocycles. The van der Waals surface area contributed by atoms with Gasteiger partial charge in [0.25, 0.3) is 5.56 Å². The highest BCUT2D eigenvalue weighted by atomic mass is 35.5. The highest BCUT2D eigenvalue weighted by Gasteiger charge is 2.28. The summed E-state index contributed by atoms with van der Waals surface area (Å²) < 4.78 is 5.72. The summed E-state index contributed by atoms with van der Waals surface area (Å²) in [6.07, 6.45) is 6.03. The first-order valence-corrected chi connectivity index (χ1v) is 12.8. The van der Waals surface area contributed by atoms with Gasteiger partial charge in [0.15, 0.2) is 5.78 Å². The predicted octanol–water partition coefficient (Wildman–Crippen LogP) is 4.40. The molecule has 0 spiro atoms. The first kappa shape index (κ1) is 23.8. The highest BCUT2D eigenvalue weighted by Crippen LogP contribution is 2.39. The maximum atomic E-state index is 13.0. The molecule has 0 unspecified atom stereocenters. The molecule has 2 aliphatic heterocycles. The van der Waals surface area contributed by atoms with Crippen molar-refractivity contribution in [2.45, 2.75) is 44.9 Å². The van der Waals surface area contributed by atoms with Crippen molar-refractivity contribution in [3.8, 4) is 5.75 Å². The number of aromatic amines is 1. The molecule has 1 fully saturated rings. The van der Waals surface area contributed by atoms with E-state index in [0.717, 1.165) is 68.6 Å². The van der Waals surface area contributed by atoms with Crippen LogP contribution in [-0.2, 0) is 12.8 Å². The monoisotopic (exact) mass is 494 g/mol. The number of likely N-dealkylation sites (tertiary alicyclic amines) is 1. The number of ketones is 1. The van der Waals surface area contributed by atoms with Crippen LogP contribution in [0.25, 0.3) is 10.9 Å². The molecule has 3 aromatic rings. The predicted molar refractivity (Wildman–Crippen MR) is 138 cm³/mol. The number of unbranched alkanes of at least 4 members (excludes halogenated alkanes) is 1. The molecule has 3 N–H and O–H groups in total. The van der Waals surface area contributed by atoms with E-state index < -0.39 is 0 Å². The number of Topliss-reactive ketones (excluding diaryl/α,β-unsaturated/α-hetero) is 1. The number of aromatic nitrogens is 2. The smallest absolute Gasteiger partial charge is 0.258 e. The van der Waals surface area contributed by atoms with Gasteiger partial charge in [-0.15, -0.1) is 0 Å². The zero-order valence-corrected chi connectivity index (χ0v) is 20.6. The minimum atomic E-state index is -0.0695. The Kier molecular flexibility index (Phi) is 7.07. The van der Waals surface area contributed by atoms with Crippen LogP contribution in [0, 0.1) is 5.92 Å². The lowest BCUT2D eigenvalue weighted by Crippen LogP contribution is -2.35. The first-order chi connectivity index (χ1) is 17.0. The number of carbonyl (C=O) groups is 1. The molecule has 0 radical (unpaired) electrons. The average molecular weight is 495 g/mol. The summed E-state index contributed by atoms with van der Waals surface area (Å²) in [5.41, 5.74) is 8.74. The van der Waals surface area contributed by atoms with Gasteiger partial charge in [-0.05, 0) is 69.4 Å². The van der Waals surface area contributed by atoms with E-state index in [9.17, 15) is 9.59 Å². The van der Waals surface area contributed by atoms with Gasteiger partial charge in [0.2, 0.25) is 0 Å². The molecular weight excluding hydrogens is 464 g/mol.